The summed E-state index contributed by atoms with van der Waals surface area (Å²) in [5.74, 6) is 0. The van der Waals surface area contributed by atoms with Crippen LogP contribution in [0.3, 0.4) is 0 Å². The molecule has 3 aromatic heterocycles. The fourth-order valence-electron chi connectivity index (χ4n) is 1.71. The van der Waals surface area contributed by atoms with Gasteiger partial charge in [0, 0.05) is 29.8 Å². The van der Waals surface area contributed by atoms with Gasteiger partial charge in [-0.3, -0.25) is 4.98 Å². The van der Waals surface area contributed by atoms with Crippen LogP contribution in [0.4, 0.5) is 0 Å². The van der Waals surface area contributed by atoms with Crippen LogP contribution in [0.1, 0.15) is 0 Å². The van der Waals surface area contributed by atoms with Crippen molar-refractivity contribution in [2.75, 3.05) is 0 Å². The maximum Gasteiger partial charge on any atom is 0.0864 e. The van der Waals surface area contributed by atoms with Gasteiger partial charge in [0.1, 0.15) is 0 Å². The molecule has 0 aliphatic rings. The SMILES string of the molecule is c1c[nH]c(-c2ccc(-c3ccc[nH]3)nc2)c1. The summed E-state index contributed by atoms with van der Waals surface area (Å²) in [6.07, 6.45) is 5.69. The van der Waals surface area contributed by atoms with Crippen LogP contribution in [0.5, 0.6) is 0 Å². The van der Waals surface area contributed by atoms with Gasteiger partial charge in [0.25, 0.3) is 0 Å². The molecule has 0 atom stereocenters. The van der Waals surface area contributed by atoms with E-state index in [-0.39, 0.29) is 0 Å². The quantitative estimate of drug-likeness (QED) is 0.669. The van der Waals surface area contributed by atoms with Crippen molar-refractivity contribution in [3.8, 4) is 22.6 Å². The van der Waals surface area contributed by atoms with E-state index in [9.17, 15) is 0 Å². The van der Waals surface area contributed by atoms with Crippen LogP contribution >= 0.6 is 0 Å². The third-order valence-electron chi connectivity index (χ3n) is 2.55. The van der Waals surface area contributed by atoms with Gasteiger partial charge in [0.2, 0.25) is 0 Å². The van der Waals surface area contributed by atoms with E-state index in [1.165, 1.54) is 0 Å². The van der Waals surface area contributed by atoms with Gasteiger partial charge in [-0.25, -0.2) is 0 Å². The largest absolute Gasteiger partial charge is 0.361 e. The predicted octanol–water partition coefficient (Wildman–Crippen LogP) is 3.07. The lowest BCUT2D eigenvalue weighted by Crippen LogP contribution is -1.84. The number of pyridine rings is 1. The molecule has 16 heavy (non-hydrogen) atoms. The molecule has 0 aromatic carbocycles. The minimum absolute atomic E-state index is 0.959. The Balaban J connectivity index is 1.97. The van der Waals surface area contributed by atoms with Crippen LogP contribution in [-0.2, 0) is 0 Å². The third-order valence-corrected chi connectivity index (χ3v) is 2.55. The monoisotopic (exact) mass is 209 g/mol. The molecule has 0 bridgehead atoms. The Kier molecular flexibility index (Phi) is 2.07. The van der Waals surface area contributed by atoms with Crippen molar-refractivity contribution in [1.29, 1.82) is 0 Å². The summed E-state index contributed by atoms with van der Waals surface area (Å²) in [6, 6.07) is 12.1. The molecule has 3 heterocycles. The van der Waals surface area contributed by atoms with Gasteiger partial charge in [-0.05, 0) is 36.4 Å². The van der Waals surface area contributed by atoms with E-state index in [2.05, 4.69) is 21.0 Å². The summed E-state index contributed by atoms with van der Waals surface area (Å²) in [7, 11) is 0. The summed E-state index contributed by atoms with van der Waals surface area (Å²) in [4.78, 5) is 10.7. The predicted molar refractivity (Wildman–Crippen MR) is 63.8 cm³/mol. The maximum absolute atomic E-state index is 4.43. The zero-order valence-corrected chi connectivity index (χ0v) is 8.64. The lowest BCUT2D eigenvalue weighted by molar-refractivity contribution is 1.27. The average molecular weight is 209 g/mol. The first kappa shape index (κ1) is 8.97. The number of H-pyrrole nitrogens is 2. The Morgan fingerprint density at radius 1 is 0.812 bits per heavy atom. The fourth-order valence-corrected chi connectivity index (χ4v) is 1.71. The van der Waals surface area contributed by atoms with Crippen molar-refractivity contribution < 1.29 is 0 Å². The number of aromatic amines is 2. The number of nitrogens with one attached hydrogen (secondary N) is 2. The first-order chi connectivity index (χ1) is 7.93. The molecule has 0 saturated heterocycles. The van der Waals surface area contributed by atoms with Crippen molar-refractivity contribution in [1.82, 2.24) is 15.0 Å². The molecule has 0 aliphatic heterocycles. The summed E-state index contributed by atoms with van der Waals surface area (Å²) in [5.41, 5.74) is 4.18. The fraction of sp³-hybridized carbons (Fsp3) is 0. The minimum Gasteiger partial charge on any atom is -0.361 e. The molecular formula is C13H11N3. The second-order valence-corrected chi connectivity index (χ2v) is 3.60. The van der Waals surface area contributed by atoms with Crippen molar-refractivity contribution in [2.45, 2.75) is 0 Å². The van der Waals surface area contributed by atoms with Crippen LogP contribution in [0.2, 0.25) is 0 Å². The molecule has 3 heteroatoms. The Bertz CT molecular complexity index is 495. The first-order valence-corrected chi connectivity index (χ1v) is 5.17. The summed E-state index contributed by atoms with van der Waals surface area (Å²) in [5, 5.41) is 0. The maximum atomic E-state index is 4.43. The van der Waals surface area contributed by atoms with E-state index in [0.29, 0.717) is 0 Å². The summed E-state index contributed by atoms with van der Waals surface area (Å²) >= 11 is 0. The van der Waals surface area contributed by atoms with Crippen LogP contribution in [0.15, 0.2) is 55.0 Å². The highest BCUT2D eigenvalue weighted by Gasteiger charge is 2.01. The minimum atomic E-state index is 0.959. The van der Waals surface area contributed by atoms with Gasteiger partial charge in [-0.2, -0.15) is 0 Å². The molecule has 78 valence electrons. The molecule has 3 nitrogen and oxygen atoms in total. The van der Waals surface area contributed by atoms with Gasteiger partial charge in [0.05, 0.1) is 11.4 Å². The Hall–Kier alpha value is -2.29. The molecule has 3 aromatic rings. The number of rotatable bonds is 2. The molecule has 0 radical (unpaired) electrons. The molecule has 0 unspecified atom stereocenters. The molecule has 3 rings (SSSR count). The molecule has 0 fully saturated rings. The highest BCUT2D eigenvalue weighted by molar-refractivity contribution is 5.62. The van der Waals surface area contributed by atoms with Crippen molar-refractivity contribution in [3.05, 3.63) is 55.0 Å². The van der Waals surface area contributed by atoms with E-state index in [0.717, 1.165) is 22.6 Å². The molecule has 0 saturated carbocycles. The molecule has 2 N–H and O–H groups in total. The van der Waals surface area contributed by atoms with Crippen molar-refractivity contribution in [3.63, 3.8) is 0 Å². The smallest absolute Gasteiger partial charge is 0.0864 e. The van der Waals surface area contributed by atoms with E-state index < -0.39 is 0 Å². The van der Waals surface area contributed by atoms with Crippen LogP contribution < -0.4 is 0 Å². The summed E-state index contributed by atoms with van der Waals surface area (Å²) in [6.45, 7) is 0. The molecule has 0 aliphatic carbocycles. The zero-order valence-electron chi connectivity index (χ0n) is 8.64. The highest BCUT2D eigenvalue weighted by atomic mass is 14.8. The lowest BCUT2D eigenvalue weighted by atomic mass is 10.2. The Morgan fingerprint density at radius 2 is 1.56 bits per heavy atom. The first-order valence-electron chi connectivity index (χ1n) is 5.17. The van der Waals surface area contributed by atoms with Crippen LogP contribution in [0, 0.1) is 0 Å². The number of aromatic nitrogens is 3. The third kappa shape index (κ3) is 1.52. The summed E-state index contributed by atoms with van der Waals surface area (Å²) < 4.78 is 0. The normalized spacial score (nSPS) is 10.5. The van der Waals surface area contributed by atoms with E-state index in [1.807, 2.05) is 48.9 Å². The van der Waals surface area contributed by atoms with Gasteiger partial charge in [-0.1, -0.05) is 0 Å². The molecular weight excluding hydrogens is 198 g/mol. The van der Waals surface area contributed by atoms with E-state index in [1.54, 1.807) is 0 Å². The van der Waals surface area contributed by atoms with Gasteiger partial charge < -0.3 is 9.97 Å². The molecule has 0 spiro atoms. The second kappa shape index (κ2) is 3.70. The van der Waals surface area contributed by atoms with E-state index in [4.69, 9.17) is 0 Å². The number of hydrogen-bond donors (Lipinski definition) is 2. The van der Waals surface area contributed by atoms with Crippen LogP contribution in [-0.4, -0.2) is 15.0 Å². The average Bonchev–Trinajstić information content (AvgIpc) is 3.03. The Labute approximate surface area is 93.2 Å². The van der Waals surface area contributed by atoms with Gasteiger partial charge in [0.15, 0.2) is 0 Å². The number of hydrogen-bond acceptors (Lipinski definition) is 1. The number of nitrogens with zero attached hydrogens (tertiary/aromatic N) is 1. The second-order valence-electron chi connectivity index (χ2n) is 3.60. The van der Waals surface area contributed by atoms with Gasteiger partial charge in [-0.15, -0.1) is 0 Å². The Morgan fingerprint density at radius 3 is 2.12 bits per heavy atom. The van der Waals surface area contributed by atoms with E-state index >= 15 is 0 Å². The lowest BCUT2D eigenvalue weighted by Gasteiger charge is -2.00. The van der Waals surface area contributed by atoms with Crippen molar-refractivity contribution in [2.24, 2.45) is 0 Å². The molecule has 0 amide bonds. The zero-order chi connectivity index (χ0) is 10.8. The van der Waals surface area contributed by atoms with Crippen molar-refractivity contribution >= 4 is 0 Å². The standard InChI is InChI=1S/C13H11N3/c1-3-11(14-7-1)10-5-6-13(16-9-10)12-4-2-8-15-12/h1-9,14-15H. The highest BCUT2D eigenvalue weighted by Crippen LogP contribution is 2.19. The van der Waals surface area contributed by atoms with Gasteiger partial charge >= 0.3 is 0 Å². The van der Waals surface area contributed by atoms with Crippen LogP contribution in [0.25, 0.3) is 22.6 Å². The topological polar surface area (TPSA) is 44.5 Å².